The maximum absolute atomic E-state index is 12.3. The van der Waals surface area contributed by atoms with Crippen LogP contribution in [0.2, 0.25) is 0 Å². The standard InChI is InChI=1S/C20H19N3O2/c1-2-25-18-5-3-17(4-6-18)20(24)23-14-15-7-12-22-19(13-15)16-8-10-21-11-9-16/h3-13H,2,14H2,1H3,(H,23,24). The number of aromatic nitrogens is 2. The third kappa shape index (κ3) is 4.41. The normalized spacial score (nSPS) is 10.3. The van der Waals surface area contributed by atoms with Gasteiger partial charge in [0.05, 0.1) is 12.3 Å². The number of amides is 1. The maximum Gasteiger partial charge on any atom is 0.251 e. The van der Waals surface area contributed by atoms with Crippen LogP contribution in [0.4, 0.5) is 0 Å². The molecule has 0 bridgehead atoms. The van der Waals surface area contributed by atoms with Crippen LogP contribution < -0.4 is 10.1 Å². The van der Waals surface area contributed by atoms with Crippen molar-refractivity contribution in [1.29, 1.82) is 0 Å². The Morgan fingerprint density at radius 3 is 2.52 bits per heavy atom. The van der Waals surface area contributed by atoms with Crippen molar-refractivity contribution in [3.63, 3.8) is 0 Å². The molecule has 1 amide bonds. The summed E-state index contributed by atoms with van der Waals surface area (Å²) in [5.74, 6) is 0.639. The summed E-state index contributed by atoms with van der Waals surface area (Å²) in [4.78, 5) is 20.6. The van der Waals surface area contributed by atoms with Crippen LogP contribution in [-0.4, -0.2) is 22.5 Å². The van der Waals surface area contributed by atoms with Crippen molar-refractivity contribution in [2.24, 2.45) is 0 Å². The van der Waals surface area contributed by atoms with Gasteiger partial charge in [-0.15, -0.1) is 0 Å². The van der Waals surface area contributed by atoms with E-state index in [2.05, 4.69) is 15.3 Å². The predicted molar refractivity (Wildman–Crippen MR) is 96.2 cm³/mol. The van der Waals surface area contributed by atoms with Crippen molar-refractivity contribution < 1.29 is 9.53 Å². The fourth-order valence-corrected chi connectivity index (χ4v) is 2.42. The molecule has 0 saturated heterocycles. The van der Waals surface area contributed by atoms with Gasteiger partial charge in [-0.1, -0.05) is 0 Å². The average Bonchev–Trinajstić information content (AvgIpc) is 2.68. The molecule has 2 heterocycles. The minimum Gasteiger partial charge on any atom is -0.494 e. The molecule has 0 fully saturated rings. The first kappa shape index (κ1) is 16.6. The van der Waals surface area contributed by atoms with Crippen molar-refractivity contribution in [3.05, 3.63) is 78.2 Å². The molecule has 0 radical (unpaired) electrons. The highest BCUT2D eigenvalue weighted by molar-refractivity contribution is 5.94. The van der Waals surface area contributed by atoms with Crippen LogP contribution in [0.5, 0.6) is 5.75 Å². The van der Waals surface area contributed by atoms with E-state index in [-0.39, 0.29) is 5.91 Å². The van der Waals surface area contributed by atoms with E-state index >= 15 is 0 Å². The van der Waals surface area contributed by atoms with Gasteiger partial charge in [0.15, 0.2) is 0 Å². The SMILES string of the molecule is CCOc1ccc(C(=O)NCc2ccnc(-c3ccncc3)c2)cc1. The number of rotatable bonds is 6. The number of ether oxygens (including phenoxy) is 1. The van der Waals surface area contributed by atoms with Gasteiger partial charge in [-0.3, -0.25) is 14.8 Å². The summed E-state index contributed by atoms with van der Waals surface area (Å²) in [7, 11) is 0. The summed E-state index contributed by atoms with van der Waals surface area (Å²) in [6.07, 6.45) is 5.21. The molecule has 5 nitrogen and oxygen atoms in total. The second-order valence-corrected chi connectivity index (χ2v) is 5.43. The minimum atomic E-state index is -0.120. The van der Waals surface area contributed by atoms with Crippen molar-refractivity contribution >= 4 is 5.91 Å². The molecule has 3 rings (SSSR count). The lowest BCUT2D eigenvalue weighted by molar-refractivity contribution is 0.0951. The van der Waals surface area contributed by atoms with E-state index in [9.17, 15) is 4.79 Å². The van der Waals surface area contributed by atoms with E-state index in [4.69, 9.17) is 4.74 Å². The second-order valence-electron chi connectivity index (χ2n) is 5.43. The smallest absolute Gasteiger partial charge is 0.251 e. The van der Waals surface area contributed by atoms with E-state index in [1.807, 2.05) is 31.2 Å². The zero-order valence-electron chi connectivity index (χ0n) is 14.0. The summed E-state index contributed by atoms with van der Waals surface area (Å²) in [6, 6.07) is 14.8. The van der Waals surface area contributed by atoms with E-state index in [1.165, 1.54) is 0 Å². The first-order chi connectivity index (χ1) is 12.3. The van der Waals surface area contributed by atoms with Crippen LogP contribution >= 0.6 is 0 Å². The highest BCUT2D eigenvalue weighted by Crippen LogP contribution is 2.17. The molecule has 2 aromatic heterocycles. The van der Waals surface area contributed by atoms with Gasteiger partial charge in [-0.2, -0.15) is 0 Å². The fourth-order valence-electron chi connectivity index (χ4n) is 2.42. The van der Waals surface area contributed by atoms with Crippen LogP contribution in [0.15, 0.2) is 67.1 Å². The topological polar surface area (TPSA) is 64.1 Å². The van der Waals surface area contributed by atoms with Crippen molar-refractivity contribution in [2.45, 2.75) is 13.5 Å². The first-order valence-electron chi connectivity index (χ1n) is 8.12. The third-order valence-corrected chi connectivity index (χ3v) is 3.68. The molecular formula is C20H19N3O2. The molecule has 0 aliphatic rings. The van der Waals surface area contributed by atoms with E-state index in [1.54, 1.807) is 42.9 Å². The Kier molecular flexibility index (Phi) is 5.36. The van der Waals surface area contributed by atoms with Gasteiger partial charge in [-0.05, 0) is 61.0 Å². The van der Waals surface area contributed by atoms with Crippen molar-refractivity contribution in [2.75, 3.05) is 6.61 Å². The number of nitrogens with one attached hydrogen (secondary N) is 1. The maximum atomic E-state index is 12.3. The van der Waals surface area contributed by atoms with Crippen LogP contribution in [0.25, 0.3) is 11.3 Å². The van der Waals surface area contributed by atoms with Crippen LogP contribution in [0, 0.1) is 0 Å². The molecule has 0 atom stereocenters. The molecule has 1 aromatic carbocycles. The van der Waals surface area contributed by atoms with Gasteiger partial charge in [0.2, 0.25) is 0 Å². The lowest BCUT2D eigenvalue weighted by atomic mass is 10.1. The third-order valence-electron chi connectivity index (χ3n) is 3.68. The highest BCUT2D eigenvalue weighted by atomic mass is 16.5. The number of hydrogen-bond donors (Lipinski definition) is 1. The molecule has 0 unspecified atom stereocenters. The van der Waals surface area contributed by atoms with E-state index in [0.717, 1.165) is 22.6 Å². The molecule has 25 heavy (non-hydrogen) atoms. The fraction of sp³-hybridized carbons (Fsp3) is 0.150. The summed E-state index contributed by atoms with van der Waals surface area (Å²) >= 11 is 0. The second kappa shape index (κ2) is 8.06. The molecular weight excluding hydrogens is 314 g/mol. The largest absolute Gasteiger partial charge is 0.494 e. The zero-order chi connectivity index (χ0) is 17.5. The summed E-state index contributed by atoms with van der Waals surface area (Å²) in [6.45, 7) is 2.97. The lowest BCUT2D eigenvalue weighted by Gasteiger charge is -2.08. The molecule has 0 aliphatic heterocycles. The van der Waals surface area contributed by atoms with Gasteiger partial charge >= 0.3 is 0 Å². The lowest BCUT2D eigenvalue weighted by Crippen LogP contribution is -2.22. The first-order valence-corrected chi connectivity index (χ1v) is 8.12. The van der Waals surface area contributed by atoms with Crippen molar-refractivity contribution in [1.82, 2.24) is 15.3 Å². The van der Waals surface area contributed by atoms with Gasteiger partial charge in [-0.25, -0.2) is 0 Å². The van der Waals surface area contributed by atoms with Gasteiger partial charge in [0, 0.05) is 36.3 Å². The Bertz CT molecular complexity index is 833. The number of hydrogen-bond acceptors (Lipinski definition) is 4. The Morgan fingerprint density at radius 1 is 1.04 bits per heavy atom. The number of pyridine rings is 2. The number of carbonyl (C=O) groups excluding carboxylic acids is 1. The minimum absolute atomic E-state index is 0.120. The van der Waals surface area contributed by atoms with Crippen LogP contribution in [-0.2, 0) is 6.54 Å². The van der Waals surface area contributed by atoms with Gasteiger partial charge in [0.1, 0.15) is 5.75 Å². The number of carbonyl (C=O) groups is 1. The number of benzene rings is 1. The quantitative estimate of drug-likeness (QED) is 0.750. The Balaban J connectivity index is 1.64. The van der Waals surface area contributed by atoms with Crippen LogP contribution in [0.3, 0.4) is 0 Å². The van der Waals surface area contributed by atoms with Crippen LogP contribution in [0.1, 0.15) is 22.8 Å². The predicted octanol–water partition coefficient (Wildman–Crippen LogP) is 3.47. The molecule has 1 N–H and O–H groups in total. The molecule has 0 saturated carbocycles. The molecule has 5 heteroatoms. The zero-order valence-corrected chi connectivity index (χ0v) is 14.0. The molecule has 126 valence electrons. The van der Waals surface area contributed by atoms with E-state index < -0.39 is 0 Å². The molecule has 3 aromatic rings. The summed E-state index contributed by atoms with van der Waals surface area (Å²) in [5, 5.41) is 2.93. The van der Waals surface area contributed by atoms with Gasteiger partial charge < -0.3 is 10.1 Å². The van der Waals surface area contributed by atoms with Gasteiger partial charge in [0.25, 0.3) is 5.91 Å². The average molecular weight is 333 g/mol. The van der Waals surface area contributed by atoms with Crippen molar-refractivity contribution in [3.8, 4) is 17.0 Å². The van der Waals surface area contributed by atoms with E-state index in [0.29, 0.717) is 18.7 Å². The molecule has 0 aliphatic carbocycles. The summed E-state index contributed by atoms with van der Waals surface area (Å²) in [5.41, 5.74) is 3.44. The monoisotopic (exact) mass is 333 g/mol. The highest BCUT2D eigenvalue weighted by Gasteiger charge is 2.06. The molecule has 0 spiro atoms. The number of nitrogens with zero attached hydrogens (tertiary/aromatic N) is 2. The summed E-state index contributed by atoms with van der Waals surface area (Å²) < 4.78 is 5.38. The Labute approximate surface area is 146 Å². The Hall–Kier alpha value is -3.21. The Morgan fingerprint density at radius 2 is 1.80 bits per heavy atom.